The Morgan fingerprint density at radius 1 is 0.731 bits per heavy atom. The Morgan fingerprint density at radius 2 is 1.46 bits per heavy atom. The molecule has 0 saturated heterocycles. The van der Waals surface area contributed by atoms with Crippen molar-refractivity contribution in [3.05, 3.63) is 81.8 Å². The van der Waals surface area contributed by atoms with Crippen LogP contribution in [-0.4, -0.2) is 9.97 Å². The molecule has 0 aliphatic heterocycles. The average molecular weight is 402 g/mol. The smallest absolute Gasteiger partial charge is 0.230 e. The van der Waals surface area contributed by atoms with Gasteiger partial charge in [-0.3, -0.25) is 0 Å². The van der Waals surface area contributed by atoms with Crippen molar-refractivity contribution in [3.8, 4) is 23.0 Å². The molecule has 0 aliphatic carbocycles. The summed E-state index contributed by atoms with van der Waals surface area (Å²) in [4.78, 5) is 9.20. The highest BCUT2D eigenvalue weighted by Crippen LogP contribution is 2.33. The van der Waals surface area contributed by atoms with Crippen LogP contribution in [0.4, 0.5) is 0 Å². The fourth-order valence-corrected chi connectivity index (χ4v) is 3.15. The summed E-state index contributed by atoms with van der Waals surface area (Å²) in [6.45, 7) is 0. The maximum absolute atomic E-state index is 6.33. The molecule has 0 unspecified atom stereocenters. The van der Waals surface area contributed by atoms with Crippen LogP contribution >= 0.6 is 34.8 Å². The number of aromatic nitrogens is 2. The molecule has 4 rings (SSSR count). The topological polar surface area (TPSA) is 35.0 Å². The third-order valence-corrected chi connectivity index (χ3v) is 4.57. The zero-order chi connectivity index (χ0) is 18.1. The number of fused-ring (bicyclic) bond motifs is 1. The maximum Gasteiger partial charge on any atom is 0.230 e. The minimum Gasteiger partial charge on any atom is -0.438 e. The maximum atomic E-state index is 6.33. The molecule has 0 radical (unpaired) electrons. The number of nitrogens with zero attached hydrogens (tertiary/aromatic N) is 2. The number of para-hydroxylation sites is 1. The van der Waals surface area contributed by atoms with Crippen molar-refractivity contribution >= 4 is 45.7 Å². The summed E-state index contributed by atoms with van der Waals surface area (Å²) in [5.74, 6) is 1.54. The molecule has 4 aromatic rings. The van der Waals surface area contributed by atoms with Gasteiger partial charge >= 0.3 is 0 Å². The van der Waals surface area contributed by atoms with E-state index in [2.05, 4.69) is 9.97 Å². The Labute approximate surface area is 165 Å². The Kier molecular flexibility index (Phi) is 4.68. The lowest BCUT2D eigenvalue weighted by Gasteiger charge is -2.11. The van der Waals surface area contributed by atoms with Crippen LogP contribution in [0, 0.1) is 0 Å². The van der Waals surface area contributed by atoms with Crippen molar-refractivity contribution in [1.29, 1.82) is 0 Å². The zero-order valence-corrected chi connectivity index (χ0v) is 15.6. The van der Waals surface area contributed by atoms with Crippen molar-refractivity contribution in [1.82, 2.24) is 9.97 Å². The van der Waals surface area contributed by atoms with Crippen LogP contribution in [0.2, 0.25) is 15.1 Å². The summed E-state index contributed by atoms with van der Waals surface area (Å²) >= 11 is 18.3. The van der Waals surface area contributed by atoms with Crippen molar-refractivity contribution in [2.75, 3.05) is 0 Å². The Hall–Kier alpha value is -2.33. The number of ether oxygens (including phenoxy) is 1. The highest BCUT2D eigenvalue weighted by Gasteiger charge is 2.13. The monoisotopic (exact) mass is 400 g/mol. The molecule has 0 amide bonds. The van der Waals surface area contributed by atoms with E-state index >= 15 is 0 Å². The molecule has 0 bridgehead atoms. The highest BCUT2D eigenvalue weighted by molar-refractivity contribution is 6.36. The third kappa shape index (κ3) is 3.47. The molecule has 3 aromatic carbocycles. The van der Waals surface area contributed by atoms with Crippen LogP contribution in [-0.2, 0) is 0 Å². The summed E-state index contributed by atoms with van der Waals surface area (Å²) < 4.78 is 5.99. The molecule has 0 aliphatic rings. The van der Waals surface area contributed by atoms with Gasteiger partial charge in [0.25, 0.3) is 0 Å². The Morgan fingerprint density at radius 3 is 2.23 bits per heavy atom. The first-order chi connectivity index (χ1) is 12.6. The van der Waals surface area contributed by atoms with Gasteiger partial charge < -0.3 is 4.74 Å². The summed E-state index contributed by atoms with van der Waals surface area (Å²) in [5, 5.41) is 2.47. The Balaban J connectivity index is 1.86. The second kappa shape index (κ2) is 7.12. The number of halogens is 3. The van der Waals surface area contributed by atoms with Crippen LogP contribution in [0.1, 0.15) is 0 Å². The first kappa shape index (κ1) is 17.1. The number of rotatable bonds is 3. The molecular weight excluding hydrogens is 391 g/mol. The minimum absolute atomic E-state index is 0.443. The molecule has 1 heterocycles. The van der Waals surface area contributed by atoms with Crippen LogP contribution < -0.4 is 4.74 Å². The lowest BCUT2D eigenvalue weighted by atomic mass is 10.2. The van der Waals surface area contributed by atoms with Crippen LogP contribution in [0.15, 0.2) is 66.7 Å². The molecule has 6 heteroatoms. The lowest BCUT2D eigenvalue weighted by molar-refractivity contribution is 0.469. The summed E-state index contributed by atoms with van der Waals surface area (Å²) in [5.41, 5.74) is 1.44. The molecule has 0 N–H and O–H groups in total. The van der Waals surface area contributed by atoms with Crippen molar-refractivity contribution in [2.45, 2.75) is 0 Å². The molecule has 128 valence electrons. The van der Waals surface area contributed by atoms with Gasteiger partial charge in [-0.15, -0.1) is 0 Å². The van der Waals surface area contributed by atoms with Gasteiger partial charge in [0.15, 0.2) is 5.82 Å². The highest BCUT2D eigenvalue weighted by atomic mass is 35.5. The van der Waals surface area contributed by atoms with Gasteiger partial charge in [0.1, 0.15) is 5.75 Å². The lowest BCUT2D eigenvalue weighted by Crippen LogP contribution is -1.96. The summed E-state index contributed by atoms with van der Waals surface area (Å²) in [7, 11) is 0. The van der Waals surface area contributed by atoms with Gasteiger partial charge in [0.2, 0.25) is 5.88 Å². The zero-order valence-electron chi connectivity index (χ0n) is 13.3. The van der Waals surface area contributed by atoms with Gasteiger partial charge in [0.05, 0.1) is 15.9 Å². The Bertz CT molecular complexity index is 1100. The quantitative estimate of drug-likeness (QED) is 0.369. The second-order valence-electron chi connectivity index (χ2n) is 5.55. The van der Waals surface area contributed by atoms with Crippen LogP contribution in [0.3, 0.4) is 0 Å². The van der Waals surface area contributed by atoms with Gasteiger partial charge in [-0.1, -0.05) is 46.9 Å². The number of hydrogen-bond acceptors (Lipinski definition) is 3. The van der Waals surface area contributed by atoms with E-state index in [0.29, 0.717) is 38.1 Å². The standard InChI is InChI=1S/C20H11Cl3N2O/c21-12-5-8-14(9-6-12)26-20-16-3-1-2-4-18(16)24-19(25-20)15-10-7-13(22)11-17(15)23/h1-11H. The van der Waals surface area contributed by atoms with Gasteiger partial charge in [-0.05, 0) is 54.6 Å². The fourth-order valence-electron chi connectivity index (χ4n) is 2.53. The second-order valence-corrected chi connectivity index (χ2v) is 6.83. The first-order valence-electron chi connectivity index (χ1n) is 7.76. The van der Waals surface area contributed by atoms with Gasteiger partial charge in [-0.2, -0.15) is 4.98 Å². The first-order valence-corrected chi connectivity index (χ1v) is 8.89. The van der Waals surface area contributed by atoms with Crippen LogP contribution in [0.5, 0.6) is 11.6 Å². The SMILES string of the molecule is Clc1ccc(Oc2nc(-c3ccc(Cl)cc3Cl)nc3ccccc23)cc1. The van der Waals surface area contributed by atoms with E-state index in [0.717, 1.165) is 10.9 Å². The van der Waals surface area contributed by atoms with Crippen molar-refractivity contribution in [3.63, 3.8) is 0 Å². The minimum atomic E-state index is 0.443. The van der Waals surface area contributed by atoms with Gasteiger partial charge in [-0.25, -0.2) is 4.98 Å². The fraction of sp³-hybridized carbons (Fsp3) is 0. The van der Waals surface area contributed by atoms with E-state index < -0.39 is 0 Å². The predicted octanol–water partition coefficient (Wildman–Crippen LogP) is 7.05. The van der Waals surface area contributed by atoms with E-state index in [1.807, 2.05) is 24.3 Å². The van der Waals surface area contributed by atoms with Gasteiger partial charge in [0, 0.05) is 15.6 Å². The molecule has 0 fully saturated rings. The molecule has 0 saturated carbocycles. The summed E-state index contributed by atoms with van der Waals surface area (Å²) in [6, 6.07) is 19.9. The average Bonchev–Trinajstić information content (AvgIpc) is 2.63. The predicted molar refractivity (Wildman–Crippen MR) is 107 cm³/mol. The molecule has 3 nitrogen and oxygen atoms in total. The van der Waals surface area contributed by atoms with E-state index in [1.54, 1.807) is 42.5 Å². The van der Waals surface area contributed by atoms with E-state index in [9.17, 15) is 0 Å². The van der Waals surface area contributed by atoms with Crippen molar-refractivity contribution in [2.24, 2.45) is 0 Å². The van der Waals surface area contributed by atoms with E-state index in [4.69, 9.17) is 39.5 Å². The molecule has 0 spiro atoms. The molecule has 0 atom stereocenters. The van der Waals surface area contributed by atoms with Crippen molar-refractivity contribution < 1.29 is 4.74 Å². The van der Waals surface area contributed by atoms with E-state index in [1.165, 1.54) is 0 Å². The normalized spacial score (nSPS) is 10.9. The molecular formula is C20H11Cl3N2O. The number of hydrogen-bond donors (Lipinski definition) is 0. The summed E-state index contributed by atoms with van der Waals surface area (Å²) in [6.07, 6.45) is 0. The largest absolute Gasteiger partial charge is 0.438 e. The molecule has 26 heavy (non-hydrogen) atoms. The number of benzene rings is 3. The van der Waals surface area contributed by atoms with Crippen LogP contribution in [0.25, 0.3) is 22.3 Å². The third-order valence-electron chi connectivity index (χ3n) is 3.77. The van der Waals surface area contributed by atoms with E-state index in [-0.39, 0.29) is 0 Å². The molecule has 1 aromatic heterocycles.